The van der Waals surface area contributed by atoms with Crippen LogP contribution in [0.5, 0.6) is 0 Å². The van der Waals surface area contributed by atoms with E-state index in [0.717, 1.165) is 56.4 Å². The number of piperazine rings is 1. The quantitative estimate of drug-likeness (QED) is 0.924. The van der Waals surface area contributed by atoms with E-state index in [0.29, 0.717) is 5.91 Å². The van der Waals surface area contributed by atoms with E-state index in [2.05, 4.69) is 16.3 Å². The van der Waals surface area contributed by atoms with Crippen LogP contribution in [0.4, 0.5) is 0 Å². The van der Waals surface area contributed by atoms with Crippen molar-refractivity contribution in [2.45, 2.75) is 25.4 Å². The van der Waals surface area contributed by atoms with Gasteiger partial charge in [-0.2, -0.15) is 0 Å². The molecule has 0 spiro atoms. The largest absolute Gasteiger partial charge is 0.339 e. The van der Waals surface area contributed by atoms with Crippen LogP contribution in [-0.4, -0.2) is 54.5 Å². The van der Waals surface area contributed by atoms with Gasteiger partial charge in [0.1, 0.15) is 0 Å². The molecule has 1 amide bonds. The molecule has 0 aromatic carbocycles. The second-order valence-electron chi connectivity index (χ2n) is 5.46. The lowest BCUT2D eigenvalue weighted by Gasteiger charge is -2.35. The zero-order valence-electron chi connectivity index (χ0n) is 11.5. The highest BCUT2D eigenvalue weighted by molar-refractivity contribution is 7.16. The molecule has 6 heteroatoms. The second kappa shape index (κ2) is 6.43. The smallest absolute Gasteiger partial charge is 0.239 e. The summed E-state index contributed by atoms with van der Waals surface area (Å²) < 4.78 is 0.848. The van der Waals surface area contributed by atoms with Crippen molar-refractivity contribution in [2.24, 2.45) is 0 Å². The average Bonchev–Trinajstić information content (AvgIpc) is 3.11. The first-order valence-corrected chi connectivity index (χ1v) is 8.40. The highest BCUT2D eigenvalue weighted by Gasteiger charge is 2.29. The van der Waals surface area contributed by atoms with Gasteiger partial charge in [-0.25, -0.2) is 0 Å². The maximum atomic E-state index is 12.3. The Morgan fingerprint density at radius 3 is 2.75 bits per heavy atom. The summed E-state index contributed by atoms with van der Waals surface area (Å²) in [5.41, 5.74) is 0. The number of nitrogens with one attached hydrogen (secondary N) is 1. The van der Waals surface area contributed by atoms with Crippen molar-refractivity contribution >= 4 is 28.8 Å². The third-order valence-electron chi connectivity index (χ3n) is 4.05. The Balaban J connectivity index is 1.48. The van der Waals surface area contributed by atoms with Crippen LogP contribution in [-0.2, 0) is 11.3 Å². The van der Waals surface area contributed by atoms with Crippen molar-refractivity contribution in [3.63, 3.8) is 0 Å². The maximum absolute atomic E-state index is 12.3. The fourth-order valence-corrected chi connectivity index (χ4v) is 4.03. The Morgan fingerprint density at radius 2 is 2.15 bits per heavy atom. The van der Waals surface area contributed by atoms with E-state index in [1.54, 1.807) is 11.3 Å². The Bertz CT molecular complexity index is 465. The van der Waals surface area contributed by atoms with E-state index in [-0.39, 0.29) is 6.04 Å². The molecule has 0 saturated carbocycles. The number of hydrogen-bond acceptors (Lipinski definition) is 4. The Morgan fingerprint density at radius 1 is 1.35 bits per heavy atom. The summed E-state index contributed by atoms with van der Waals surface area (Å²) in [6, 6.07) is 4.11. The average molecular weight is 314 g/mol. The third kappa shape index (κ3) is 3.34. The van der Waals surface area contributed by atoms with Gasteiger partial charge < -0.3 is 10.2 Å². The van der Waals surface area contributed by atoms with Gasteiger partial charge in [0, 0.05) is 37.6 Å². The molecule has 0 bridgehead atoms. The predicted molar refractivity (Wildman–Crippen MR) is 82.2 cm³/mol. The molecule has 2 aliphatic heterocycles. The van der Waals surface area contributed by atoms with Crippen molar-refractivity contribution in [2.75, 3.05) is 32.7 Å². The van der Waals surface area contributed by atoms with Crippen LogP contribution in [0.15, 0.2) is 12.1 Å². The molecular formula is C14H20ClN3OS. The van der Waals surface area contributed by atoms with Crippen LogP contribution >= 0.6 is 22.9 Å². The second-order valence-corrected chi connectivity index (χ2v) is 7.26. The summed E-state index contributed by atoms with van der Waals surface area (Å²) in [7, 11) is 0. The first-order valence-electron chi connectivity index (χ1n) is 7.21. The van der Waals surface area contributed by atoms with Crippen LogP contribution in [0, 0.1) is 0 Å². The molecule has 20 heavy (non-hydrogen) atoms. The lowest BCUT2D eigenvalue weighted by atomic mass is 10.2. The van der Waals surface area contributed by atoms with Crippen molar-refractivity contribution in [1.82, 2.24) is 15.1 Å². The SMILES string of the molecule is O=C([C@H]1CCCN1)N1CCN(Cc2ccc(Cl)s2)CC1. The van der Waals surface area contributed by atoms with Crippen LogP contribution in [0.25, 0.3) is 0 Å². The minimum absolute atomic E-state index is 0.0673. The lowest BCUT2D eigenvalue weighted by molar-refractivity contribution is -0.134. The van der Waals surface area contributed by atoms with E-state index < -0.39 is 0 Å². The van der Waals surface area contributed by atoms with Gasteiger partial charge in [-0.1, -0.05) is 11.6 Å². The Labute approximate surface area is 128 Å². The summed E-state index contributed by atoms with van der Waals surface area (Å²) in [5.74, 6) is 0.293. The standard InChI is InChI=1S/C14H20ClN3OS/c15-13-4-3-11(20-13)10-17-6-8-18(9-7-17)14(19)12-2-1-5-16-12/h3-4,12,16H,1-2,5-10H2/t12-/m1/s1. The lowest BCUT2D eigenvalue weighted by Crippen LogP contribution is -2.52. The predicted octanol–water partition coefficient (Wildman–Crippen LogP) is 1.80. The van der Waals surface area contributed by atoms with E-state index in [1.807, 2.05) is 11.0 Å². The van der Waals surface area contributed by atoms with Gasteiger partial charge in [0.2, 0.25) is 5.91 Å². The van der Waals surface area contributed by atoms with Crippen molar-refractivity contribution in [3.05, 3.63) is 21.3 Å². The fraction of sp³-hybridized carbons (Fsp3) is 0.643. The fourth-order valence-electron chi connectivity index (χ4n) is 2.90. The molecule has 3 rings (SSSR count). The monoisotopic (exact) mass is 313 g/mol. The van der Waals surface area contributed by atoms with E-state index in [4.69, 9.17) is 11.6 Å². The van der Waals surface area contributed by atoms with Gasteiger partial charge in [-0.3, -0.25) is 9.69 Å². The molecule has 2 fully saturated rings. The minimum Gasteiger partial charge on any atom is -0.339 e. The molecule has 1 aromatic rings. The number of hydrogen-bond donors (Lipinski definition) is 1. The summed E-state index contributed by atoms with van der Waals surface area (Å²) in [4.78, 5) is 18.0. The molecule has 1 N–H and O–H groups in total. The summed E-state index contributed by atoms with van der Waals surface area (Å²) in [5, 5.41) is 3.29. The molecule has 0 unspecified atom stereocenters. The van der Waals surface area contributed by atoms with Crippen molar-refractivity contribution < 1.29 is 4.79 Å². The van der Waals surface area contributed by atoms with E-state index in [1.165, 1.54) is 4.88 Å². The summed E-state index contributed by atoms with van der Waals surface area (Å²) in [6.07, 6.45) is 2.11. The van der Waals surface area contributed by atoms with Gasteiger partial charge in [-0.05, 0) is 31.5 Å². The number of nitrogens with zero attached hydrogens (tertiary/aromatic N) is 2. The molecule has 110 valence electrons. The topological polar surface area (TPSA) is 35.6 Å². The van der Waals surface area contributed by atoms with Crippen LogP contribution in [0.2, 0.25) is 4.34 Å². The summed E-state index contributed by atoms with van der Waals surface area (Å²) >= 11 is 7.60. The molecule has 1 atom stereocenters. The molecule has 3 heterocycles. The zero-order valence-corrected chi connectivity index (χ0v) is 13.1. The molecule has 4 nitrogen and oxygen atoms in total. The molecule has 0 radical (unpaired) electrons. The van der Waals surface area contributed by atoms with Crippen LogP contribution in [0.1, 0.15) is 17.7 Å². The first kappa shape index (κ1) is 14.3. The van der Waals surface area contributed by atoms with Gasteiger partial charge in [0.25, 0.3) is 0 Å². The molecule has 2 aliphatic rings. The highest BCUT2D eigenvalue weighted by atomic mass is 35.5. The Hall–Kier alpha value is -0.620. The Kier molecular flexibility index (Phi) is 4.61. The number of rotatable bonds is 3. The molecule has 0 aliphatic carbocycles. The van der Waals surface area contributed by atoms with Gasteiger partial charge in [-0.15, -0.1) is 11.3 Å². The van der Waals surface area contributed by atoms with Crippen molar-refractivity contribution in [3.8, 4) is 0 Å². The van der Waals surface area contributed by atoms with Crippen LogP contribution in [0.3, 0.4) is 0 Å². The van der Waals surface area contributed by atoms with Gasteiger partial charge in [0.05, 0.1) is 10.4 Å². The molecular weight excluding hydrogens is 294 g/mol. The number of thiophene rings is 1. The van der Waals surface area contributed by atoms with E-state index in [9.17, 15) is 4.79 Å². The maximum Gasteiger partial charge on any atom is 0.239 e. The molecule has 1 aromatic heterocycles. The van der Waals surface area contributed by atoms with Gasteiger partial charge >= 0.3 is 0 Å². The highest BCUT2D eigenvalue weighted by Crippen LogP contribution is 2.23. The number of halogens is 1. The number of carbonyl (C=O) groups excluding carboxylic acids is 1. The third-order valence-corrected chi connectivity index (χ3v) is 5.27. The van der Waals surface area contributed by atoms with E-state index >= 15 is 0 Å². The summed E-state index contributed by atoms with van der Waals surface area (Å²) in [6.45, 7) is 5.52. The number of amides is 1. The minimum atomic E-state index is 0.0673. The van der Waals surface area contributed by atoms with Crippen molar-refractivity contribution in [1.29, 1.82) is 0 Å². The number of carbonyl (C=O) groups is 1. The molecule has 2 saturated heterocycles. The zero-order chi connectivity index (χ0) is 13.9. The van der Waals surface area contributed by atoms with Gasteiger partial charge in [0.15, 0.2) is 0 Å². The van der Waals surface area contributed by atoms with Crippen LogP contribution < -0.4 is 5.32 Å². The normalized spacial score (nSPS) is 24.2. The first-order chi connectivity index (χ1) is 9.72.